The monoisotopic (exact) mass is 300 g/mol. The van der Waals surface area contributed by atoms with Crippen LogP contribution in [-0.2, 0) is 16.0 Å². The Hall–Kier alpha value is -2.69. The average Bonchev–Trinajstić information content (AvgIpc) is 2.51. The Morgan fingerprint density at radius 1 is 1.23 bits per heavy atom. The number of hydrogen-bond acceptors (Lipinski definition) is 2. The molecule has 2 N–H and O–H groups in total. The van der Waals surface area contributed by atoms with Gasteiger partial charge in [-0.2, -0.15) is 0 Å². The molecule has 0 aromatic heterocycles. The lowest BCUT2D eigenvalue weighted by Gasteiger charge is -2.17. The Morgan fingerprint density at radius 2 is 1.95 bits per heavy atom. The summed E-state index contributed by atoms with van der Waals surface area (Å²) in [5.41, 5.74) is 2.07. The molecule has 0 aliphatic carbocycles. The van der Waals surface area contributed by atoms with Crippen molar-refractivity contribution in [2.75, 3.05) is 5.32 Å². The van der Waals surface area contributed by atoms with Crippen LogP contribution in [0.4, 0.5) is 10.1 Å². The largest absolute Gasteiger partial charge is 0.347 e. The van der Waals surface area contributed by atoms with E-state index in [-0.39, 0.29) is 5.91 Å². The minimum atomic E-state index is -0.720. The van der Waals surface area contributed by atoms with Crippen molar-refractivity contribution in [3.05, 3.63) is 65.5 Å². The Bertz CT molecular complexity index is 659. The molecule has 114 valence electrons. The van der Waals surface area contributed by atoms with Crippen LogP contribution >= 0.6 is 0 Å². The highest BCUT2D eigenvalue weighted by molar-refractivity contribution is 5.96. The van der Waals surface area contributed by atoms with Gasteiger partial charge in [-0.05, 0) is 30.2 Å². The van der Waals surface area contributed by atoms with E-state index in [4.69, 9.17) is 0 Å². The smallest absolute Gasteiger partial charge is 0.247 e. The topological polar surface area (TPSA) is 58.2 Å². The molecule has 2 amide bonds. The summed E-state index contributed by atoms with van der Waals surface area (Å²) in [6, 6.07) is 12.8. The minimum absolute atomic E-state index is 0.361. The molecule has 0 spiro atoms. The number of anilines is 1. The summed E-state index contributed by atoms with van der Waals surface area (Å²) in [5, 5.41) is 5.15. The molecule has 4 nitrogen and oxygen atoms in total. The highest BCUT2D eigenvalue weighted by atomic mass is 19.1. The Kier molecular flexibility index (Phi) is 5.25. The van der Waals surface area contributed by atoms with E-state index in [1.54, 1.807) is 13.0 Å². The van der Waals surface area contributed by atoms with Gasteiger partial charge in [0.2, 0.25) is 12.3 Å². The fraction of sp³-hybridized carbons (Fsp3) is 0.176. The van der Waals surface area contributed by atoms with Crippen LogP contribution in [0.1, 0.15) is 11.1 Å². The zero-order chi connectivity index (χ0) is 15.9. The van der Waals surface area contributed by atoms with E-state index in [1.807, 2.05) is 30.3 Å². The molecule has 2 rings (SSSR count). The third-order valence-corrected chi connectivity index (χ3v) is 3.33. The molecule has 0 bridgehead atoms. The summed E-state index contributed by atoms with van der Waals surface area (Å²) >= 11 is 0. The van der Waals surface area contributed by atoms with E-state index < -0.39 is 11.9 Å². The Labute approximate surface area is 128 Å². The number of carbonyl (C=O) groups excluding carboxylic acids is 2. The summed E-state index contributed by atoms with van der Waals surface area (Å²) in [6.45, 7) is 1.77. The maximum atomic E-state index is 13.3. The molecule has 1 unspecified atom stereocenters. The maximum Gasteiger partial charge on any atom is 0.247 e. The van der Waals surface area contributed by atoms with E-state index in [2.05, 4.69) is 10.6 Å². The lowest BCUT2D eigenvalue weighted by molar-refractivity contribution is -0.121. The second-order valence-corrected chi connectivity index (χ2v) is 4.98. The van der Waals surface area contributed by atoms with Gasteiger partial charge in [-0.15, -0.1) is 0 Å². The SMILES string of the molecule is Cc1ccc(F)cc1NC(=O)C(Cc1ccccc1)NC=O. The summed E-state index contributed by atoms with van der Waals surface area (Å²) in [6.07, 6.45) is 0.853. The van der Waals surface area contributed by atoms with E-state index in [0.717, 1.165) is 11.1 Å². The first-order chi connectivity index (χ1) is 10.6. The van der Waals surface area contributed by atoms with Crippen molar-refractivity contribution in [1.29, 1.82) is 0 Å². The molecule has 0 aliphatic rings. The van der Waals surface area contributed by atoms with Gasteiger partial charge in [0.1, 0.15) is 11.9 Å². The molecule has 0 saturated heterocycles. The fourth-order valence-corrected chi connectivity index (χ4v) is 2.11. The van der Waals surface area contributed by atoms with Gasteiger partial charge in [0.15, 0.2) is 0 Å². The fourth-order valence-electron chi connectivity index (χ4n) is 2.11. The van der Waals surface area contributed by atoms with Crippen LogP contribution in [-0.4, -0.2) is 18.4 Å². The standard InChI is InChI=1S/C17H17FN2O2/c1-12-7-8-14(18)10-15(12)20-17(22)16(19-11-21)9-13-5-3-2-4-6-13/h2-8,10-11,16H,9H2,1H3,(H,19,21)(H,20,22). The van der Waals surface area contributed by atoms with Crippen LogP contribution in [0, 0.1) is 12.7 Å². The molecule has 2 aromatic rings. The van der Waals surface area contributed by atoms with E-state index >= 15 is 0 Å². The van der Waals surface area contributed by atoms with E-state index in [0.29, 0.717) is 18.5 Å². The minimum Gasteiger partial charge on any atom is -0.347 e. The van der Waals surface area contributed by atoms with Gasteiger partial charge >= 0.3 is 0 Å². The van der Waals surface area contributed by atoms with Gasteiger partial charge in [-0.3, -0.25) is 9.59 Å². The van der Waals surface area contributed by atoms with E-state index in [9.17, 15) is 14.0 Å². The average molecular weight is 300 g/mol. The number of benzene rings is 2. The summed E-state index contributed by atoms with van der Waals surface area (Å²) in [7, 11) is 0. The summed E-state index contributed by atoms with van der Waals surface area (Å²) in [4.78, 5) is 23.0. The number of nitrogens with one attached hydrogen (secondary N) is 2. The van der Waals surface area contributed by atoms with Crippen LogP contribution in [0.5, 0.6) is 0 Å². The molecule has 0 saturated carbocycles. The highest BCUT2D eigenvalue weighted by Gasteiger charge is 2.19. The lowest BCUT2D eigenvalue weighted by Crippen LogP contribution is -2.41. The zero-order valence-corrected chi connectivity index (χ0v) is 12.2. The molecule has 0 aliphatic heterocycles. The first-order valence-electron chi connectivity index (χ1n) is 6.91. The number of hydrogen-bond donors (Lipinski definition) is 2. The second kappa shape index (κ2) is 7.36. The number of halogens is 1. The quantitative estimate of drug-likeness (QED) is 0.805. The number of amides is 2. The van der Waals surface area contributed by atoms with Crippen molar-refractivity contribution in [3.63, 3.8) is 0 Å². The van der Waals surface area contributed by atoms with Crippen molar-refractivity contribution in [3.8, 4) is 0 Å². The Balaban J connectivity index is 2.12. The number of rotatable bonds is 6. The molecule has 0 fully saturated rings. The number of aryl methyl sites for hydroxylation is 1. The molecular formula is C17H17FN2O2. The zero-order valence-electron chi connectivity index (χ0n) is 12.2. The normalized spacial score (nSPS) is 11.5. The van der Waals surface area contributed by atoms with Crippen molar-refractivity contribution in [2.45, 2.75) is 19.4 Å². The summed E-state index contributed by atoms with van der Waals surface area (Å²) < 4.78 is 13.3. The molecule has 5 heteroatoms. The third-order valence-electron chi connectivity index (χ3n) is 3.33. The number of carbonyl (C=O) groups is 2. The van der Waals surface area contributed by atoms with Crippen molar-refractivity contribution < 1.29 is 14.0 Å². The van der Waals surface area contributed by atoms with E-state index in [1.165, 1.54) is 12.1 Å². The van der Waals surface area contributed by atoms with Crippen LogP contribution in [0.3, 0.4) is 0 Å². The molecule has 2 aromatic carbocycles. The van der Waals surface area contributed by atoms with Crippen LogP contribution in [0.2, 0.25) is 0 Å². The van der Waals surface area contributed by atoms with Crippen LogP contribution < -0.4 is 10.6 Å². The molecule has 22 heavy (non-hydrogen) atoms. The van der Waals surface area contributed by atoms with Crippen LogP contribution in [0.15, 0.2) is 48.5 Å². The summed E-state index contributed by atoms with van der Waals surface area (Å²) in [5.74, 6) is -0.812. The maximum absolute atomic E-state index is 13.3. The van der Waals surface area contributed by atoms with Crippen LogP contribution in [0.25, 0.3) is 0 Å². The predicted octanol–water partition coefficient (Wildman–Crippen LogP) is 2.43. The van der Waals surface area contributed by atoms with Gasteiger partial charge in [0.05, 0.1) is 0 Å². The predicted molar refractivity (Wildman–Crippen MR) is 82.9 cm³/mol. The van der Waals surface area contributed by atoms with Gasteiger partial charge in [-0.1, -0.05) is 36.4 Å². The molecular weight excluding hydrogens is 283 g/mol. The first-order valence-corrected chi connectivity index (χ1v) is 6.91. The highest BCUT2D eigenvalue weighted by Crippen LogP contribution is 2.16. The van der Waals surface area contributed by atoms with Gasteiger partial charge in [0, 0.05) is 12.1 Å². The molecule has 0 heterocycles. The third kappa shape index (κ3) is 4.15. The van der Waals surface area contributed by atoms with Gasteiger partial charge < -0.3 is 10.6 Å². The Morgan fingerprint density at radius 3 is 2.64 bits per heavy atom. The van der Waals surface area contributed by atoms with Gasteiger partial charge in [-0.25, -0.2) is 4.39 Å². The van der Waals surface area contributed by atoms with Crippen molar-refractivity contribution >= 4 is 18.0 Å². The van der Waals surface area contributed by atoms with Gasteiger partial charge in [0.25, 0.3) is 0 Å². The second-order valence-electron chi connectivity index (χ2n) is 4.98. The van der Waals surface area contributed by atoms with Crippen molar-refractivity contribution in [2.24, 2.45) is 0 Å². The molecule has 0 radical (unpaired) electrons. The van der Waals surface area contributed by atoms with Crippen molar-refractivity contribution in [1.82, 2.24) is 5.32 Å². The lowest BCUT2D eigenvalue weighted by atomic mass is 10.1. The molecule has 1 atom stereocenters. The first kappa shape index (κ1) is 15.7.